The third-order valence-electron chi connectivity index (χ3n) is 2.45. The van der Waals surface area contributed by atoms with E-state index < -0.39 is 17.8 Å². The Hall–Kier alpha value is -1.75. The molecule has 0 radical (unpaired) electrons. The number of rotatable bonds is 4. The van der Waals surface area contributed by atoms with E-state index in [4.69, 9.17) is 33.2 Å². The van der Waals surface area contributed by atoms with Gasteiger partial charge in [-0.1, -0.05) is 29.3 Å². The van der Waals surface area contributed by atoms with Gasteiger partial charge < -0.3 is 4.74 Å². The van der Waals surface area contributed by atoms with Crippen molar-refractivity contribution in [2.45, 2.75) is 12.8 Å². The van der Waals surface area contributed by atoms with E-state index in [1.807, 2.05) is 6.07 Å². The molecule has 0 saturated carbocycles. The minimum Gasteiger partial charge on any atom is -0.465 e. The summed E-state index contributed by atoms with van der Waals surface area (Å²) in [4.78, 5) is 11.6. The van der Waals surface area contributed by atoms with E-state index in [0.29, 0.717) is 10.6 Å². The molecule has 0 aliphatic carbocycles. The van der Waals surface area contributed by atoms with Gasteiger partial charge in [-0.15, -0.1) is 0 Å². The van der Waals surface area contributed by atoms with E-state index in [2.05, 4.69) is 0 Å². The molecule has 6 heteroatoms. The van der Waals surface area contributed by atoms with E-state index in [-0.39, 0.29) is 11.6 Å². The summed E-state index contributed by atoms with van der Waals surface area (Å²) in [6.07, 6.45) is 0. The number of carbonyl (C=O) groups excluding carboxylic acids is 1. The smallest absolute Gasteiger partial charge is 0.325 e. The number of halogens is 2. The Morgan fingerprint density at radius 2 is 2.00 bits per heavy atom. The average Bonchev–Trinajstić information content (AvgIpc) is 2.39. The van der Waals surface area contributed by atoms with Crippen LogP contribution >= 0.6 is 23.2 Å². The molecule has 4 nitrogen and oxygen atoms in total. The van der Waals surface area contributed by atoms with Crippen LogP contribution in [0.15, 0.2) is 18.2 Å². The van der Waals surface area contributed by atoms with E-state index in [1.165, 1.54) is 12.1 Å². The van der Waals surface area contributed by atoms with Gasteiger partial charge in [0, 0.05) is 0 Å². The number of carbonyl (C=O) groups is 1. The monoisotopic (exact) mass is 296 g/mol. The van der Waals surface area contributed by atoms with Gasteiger partial charge in [0.25, 0.3) is 0 Å². The second kappa shape index (κ2) is 6.99. The molecular weight excluding hydrogens is 287 g/mol. The topological polar surface area (TPSA) is 73.9 Å². The number of hydrogen-bond donors (Lipinski definition) is 0. The third-order valence-corrected chi connectivity index (χ3v) is 3.19. The summed E-state index contributed by atoms with van der Waals surface area (Å²) in [5, 5.41) is 18.8. The predicted molar refractivity (Wildman–Crippen MR) is 70.6 cm³/mol. The lowest BCUT2D eigenvalue weighted by atomic mass is 9.88. The van der Waals surface area contributed by atoms with Crippen LogP contribution in [0, 0.1) is 28.6 Å². The molecule has 0 amide bonds. The molecule has 0 heterocycles. The van der Waals surface area contributed by atoms with Crippen LogP contribution in [0.2, 0.25) is 10.0 Å². The van der Waals surface area contributed by atoms with Crippen molar-refractivity contribution < 1.29 is 9.53 Å². The van der Waals surface area contributed by atoms with Gasteiger partial charge in [0.2, 0.25) is 0 Å². The largest absolute Gasteiger partial charge is 0.465 e. The summed E-state index contributed by atoms with van der Waals surface area (Å²) < 4.78 is 4.78. The van der Waals surface area contributed by atoms with Crippen molar-refractivity contribution in [3.05, 3.63) is 33.8 Å². The molecule has 2 unspecified atom stereocenters. The summed E-state index contributed by atoms with van der Waals surface area (Å²) in [7, 11) is 0. The molecule has 1 rings (SSSR count). The fourth-order valence-electron chi connectivity index (χ4n) is 1.54. The van der Waals surface area contributed by atoms with E-state index in [0.717, 1.165) is 0 Å². The Labute approximate surface area is 121 Å². The normalized spacial score (nSPS) is 12.9. The van der Waals surface area contributed by atoms with Crippen LogP contribution in [-0.2, 0) is 9.53 Å². The molecule has 2 atom stereocenters. The maximum atomic E-state index is 11.6. The van der Waals surface area contributed by atoms with Crippen LogP contribution in [0.3, 0.4) is 0 Å². The van der Waals surface area contributed by atoms with Crippen molar-refractivity contribution >= 4 is 29.2 Å². The first-order chi connectivity index (χ1) is 9.04. The highest BCUT2D eigenvalue weighted by atomic mass is 35.5. The van der Waals surface area contributed by atoms with Gasteiger partial charge >= 0.3 is 5.97 Å². The fourth-order valence-corrected chi connectivity index (χ4v) is 1.85. The van der Waals surface area contributed by atoms with Gasteiger partial charge in [0.1, 0.15) is 0 Å². The first-order valence-electron chi connectivity index (χ1n) is 5.46. The lowest BCUT2D eigenvalue weighted by molar-refractivity contribution is -0.146. The molecule has 0 bridgehead atoms. The summed E-state index contributed by atoms with van der Waals surface area (Å²) >= 11 is 11.6. The second-order valence-electron chi connectivity index (χ2n) is 3.64. The zero-order valence-electron chi connectivity index (χ0n) is 10.1. The summed E-state index contributed by atoms with van der Waals surface area (Å²) in [6.45, 7) is 1.78. The summed E-state index contributed by atoms with van der Waals surface area (Å²) in [5.41, 5.74) is 0.455. The lowest BCUT2D eigenvalue weighted by Crippen LogP contribution is -2.22. The maximum absolute atomic E-state index is 11.6. The molecule has 0 saturated heterocycles. The molecule has 0 aliphatic rings. The Balaban J connectivity index is 3.12. The second-order valence-corrected chi connectivity index (χ2v) is 4.45. The first kappa shape index (κ1) is 15.3. The molecule has 0 aliphatic heterocycles. The quantitative estimate of drug-likeness (QED) is 0.799. The average molecular weight is 297 g/mol. The molecule has 0 spiro atoms. The Bertz CT molecular complexity index is 561. The fraction of sp³-hybridized carbons (Fsp3) is 0.308. The van der Waals surface area contributed by atoms with Gasteiger partial charge in [0.15, 0.2) is 5.92 Å². The predicted octanol–water partition coefficient (Wildman–Crippen LogP) is 3.30. The number of esters is 1. The van der Waals surface area contributed by atoms with Crippen molar-refractivity contribution in [3.63, 3.8) is 0 Å². The molecule has 1 aromatic rings. The van der Waals surface area contributed by atoms with E-state index in [9.17, 15) is 10.1 Å². The minimum absolute atomic E-state index is 0.149. The zero-order chi connectivity index (χ0) is 14.4. The number of ether oxygens (including phenoxy) is 1. The van der Waals surface area contributed by atoms with Crippen LogP contribution in [0.1, 0.15) is 18.4 Å². The van der Waals surface area contributed by atoms with Crippen molar-refractivity contribution in [2.75, 3.05) is 6.61 Å². The molecule has 1 aromatic carbocycles. The number of hydrogen-bond acceptors (Lipinski definition) is 4. The number of nitrogens with zero attached hydrogens (tertiary/aromatic N) is 2. The SMILES string of the molecule is CCOC(=O)C(C#N)C(C#N)c1ccc(Cl)c(Cl)c1. The van der Waals surface area contributed by atoms with Gasteiger partial charge in [-0.2, -0.15) is 10.5 Å². The standard InChI is InChI=1S/C13H10Cl2N2O2/c1-2-19-13(18)10(7-17)9(6-16)8-3-4-11(14)12(15)5-8/h3-5,9-10H,2H2,1H3. The highest BCUT2D eigenvalue weighted by Gasteiger charge is 2.31. The van der Waals surface area contributed by atoms with Crippen molar-refractivity contribution in [3.8, 4) is 12.1 Å². The van der Waals surface area contributed by atoms with Crippen LogP contribution in [0.5, 0.6) is 0 Å². The van der Waals surface area contributed by atoms with Crippen LogP contribution in [0.25, 0.3) is 0 Å². The summed E-state index contributed by atoms with van der Waals surface area (Å²) in [5.74, 6) is -2.86. The minimum atomic E-state index is -1.19. The van der Waals surface area contributed by atoms with Gasteiger partial charge in [0.05, 0.1) is 34.7 Å². The van der Waals surface area contributed by atoms with Crippen molar-refractivity contribution in [1.82, 2.24) is 0 Å². The van der Waals surface area contributed by atoms with Gasteiger partial charge in [-0.25, -0.2) is 0 Å². The number of nitriles is 2. The first-order valence-corrected chi connectivity index (χ1v) is 6.21. The molecular formula is C13H10Cl2N2O2. The Morgan fingerprint density at radius 1 is 1.32 bits per heavy atom. The van der Waals surface area contributed by atoms with Crippen LogP contribution in [-0.4, -0.2) is 12.6 Å². The molecule has 98 valence electrons. The van der Waals surface area contributed by atoms with Crippen molar-refractivity contribution in [2.24, 2.45) is 5.92 Å². The Morgan fingerprint density at radius 3 is 2.47 bits per heavy atom. The highest BCUT2D eigenvalue weighted by molar-refractivity contribution is 6.42. The van der Waals surface area contributed by atoms with E-state index >= 15 is 0 Å². The van der Waals surface area contributed by atoms with Crippen molar-refractivity contribution in [1.29, 1.82) is 10.5 Å². The Kier molecular flexibility index (Phi) is 5.63. The third kappa shape index (κ3) is 3.61. The van der Waals surface area contributed by atoms with Crippen LogP contribution in [0.4, 0.5) is 0 Å². The highest BCUT2D eigenvalue weighted by Crippen LogP contribution is 2.30. The van der Waals surface area contributed by atoms with Gasteiger partial charge in [-0.3, -0.25) is 4.79 Å². The molecule has 0 fully saturated rings. The maximum Gasteiger partial charge on any atom is 0.325 e. The van der Waals surface area contributed by atoms with E-state index in [1.54, 1.807) is 19.1 Å². The van der Waals surface area contributed by atoms with Gasteiger partial charge in [-0.05, 0) is 24.6 Å². The zero-order valence-corrected chi connectivity index (χ0v) is 11.6. The summed E-state index contributed by atoms with van der Waals surface area (Å²) in [6, 6.07) is 8.28. The van der Waals surface area contributed by atoms with Crippen LogP contribution < -0.4 is 0 Å². The molecule has 19 heavy (non-hydrogen) atoms. The molecule has 0 N–H and O–H groups in total. The molecule has 0 aromatic heterocycles. The number of benzene rings is 1. The lowest BCUT2D eigenvalue weighted by Gasteiger charge is -2.15.